The van der Waals surface area contributed by atoms with E-state index in [0.717, 1.165) is 11.1 Å². The Bertz CT molecular complexity index is 749. The van der Waals surface area contributed by atoms with Crippen LogP contribution >= 0.6 is 0 Å². The number of nitrogens with one attached hydrogen (secondary N) is 1. The van der Waals surface area contributed by atoms with Crippen molar-refractivity contribution in [1.29, 1.82) is 0 Å². The summed E-state index contributed by atoms with van der Waals surface area (Å²) < 4.78 is 1.62. The first kappa shape index (κ1) is 12.3. The summed E-state index contributed by atoms with van der Waals surface area (Å²) in [7, 11) is 0. The summed E-state index contributed by atoms with van der Waals surface area (Å²) in [6, 6.07) is 11.4. The van der Waals surface area contributed by atoms with E-state index in [2.05, 4.69) is 15.4 Å². The summed E-state index contributed by atoms with van der Waals surface area (Å²) in [4.78, 5) is 16.3. The number of benzene rings is 1. The van der Waals surface area contributed by atoms with Gasteiger partial charge in [-0.05, 0) is 18.1 Å². The smallest absolute Gasteiger partial charge is 0.272 e. The molecule has 0 aliphatic carbocycles. The zero-order valence-electron chi connectivity index (χ0n) is 11.1. The minimum absolute atomic E-state index is 0.197. The lowest BCUT2D eigenvalue weighted by Crippen LogP contribution is -2.23. The van der Waals surface area contributed by atoms with Crippen LogP contribution in [-0.4, -0.2) is 20.5 Å². The van der Waals surface area contributed by atoms with Gasteiger partial charge in [0.05, 0.1) is 0 Å². The van der Waals surface area contributed by atoms with E-state index in [1.165, 1.54) is 0 Å². The topological polar surface area (TPSA) is 59.3 Å². The number of carbonyl (C=O) groups excluding carboxylic acids is 1. The molecule has 100 valence electrons. The molecule has 3 aromatic rings. The molecule has 0 radical (unpaired) electrons. The van der Waals surface area contributed by atoms with Crippen molar-refractivity contribution in [3.8, 4) is 0 Å². The van der Waals surface area contributed by atoms with Gasteiger partial charge in [-0.1, -0.05) is 30.3 Å². The first-order valence-corrected chi connectivity index (χ1v) is 6.36. The number of carbonyl (C=O) groups is 1. The molecule has 3 rings (SSSR count). The van der Waals surface area contributed by atoms with Crippen LogP contribution in [0.2, 0.25) is 0 Å². The minimum Gasteiger partial charge on any atom is -0.347 e. The molecule has 0 bridgehead atoms. The third kappa shape index (κ3) is 2.51. The number of hydrogen-bond donors (Lipinski definition) is 1. The largest absolute Gasteiger partial charge is 0.347 e. The van der Waals surface area contributed by atoms with Gasteiger partial charge in [0.2, 0.25) is 0 Å². The highest BCUT2D eigenvalue weighted by Gasteiger charge is 2.11. The molecule has 1 N–H and O–H groups in total. The van der Waals surface area contributed by atoms with Crippen LogP contribution in [0, 0.1) is 6.92 Å². The Morgan fingerprint density at radius 1 is 1.30 bits per heavy atom. The molecule has 0 saturated heterocycles. The quantitative estimate of drug-likeness (QED) is 0.788. The molecule has 0 fully saturated rings. The molecule has 0 unspecified atom stereocenters. The van der Waals surface area contributed by atoms with Crippen LogP contribution in [-0.2, 0) is 6.54 Å². The number of rotatable bonds is 3. The number of amides is 1. The van der Waals surface area contributed by atoms with Crippen molar-refractivity contribution in [3.05, 3.63) is 65.6 Å². The van der Waals surface area contributed by atoms with E-state index >= 15 is 0 Å². The van der Waals surface area contributed by atoms with Crippen LogP contribution in [0.25, 0.3) is 5.65 Å². The van der Waals surface area contributed by atoms with Crippen molar-refractivity contribution in [2.24, 2.45) is 0 Å². The predicted molar refractivity (Wildman–Crippen MR) is 75.3 cm³/mol. The van der Waals surface area contributed by atoms with Crippen LogP contribution in [0.15, 0.2) is 48.8 Å². The van der Waals surface area contributed by atoms with Crippen LogP contribution in [0.5, 0.6) is 0 Å². The Morgan fingerprint density at radius 2 is 2.10 bits per heavy atom. The minimum atomic E-state index is -0.197. The lowest BCUT2D eigenvalue weighted by molar-refractivity contribution is 0.0945. The van der Waals surface area contributed by atoms with Gasteiger partial charge in [-0.3, -0.25) is 4.79 Å². The maximum atomic E-state index is 12.1. The van der Waals surface area contributed by atoms with Crippen molar-refractivity contribution in [1.82, 2.24) is 19.9 Å². The average Bonchev–Trinajstić information content (AvgIpc) is 2.89. The van der Waals surface area contributed by atoms with Gasteiger partial charge >= 0.3 is 0 Å². The summed E-state index contributed by atoms with van der Waals surface area (Å²) in [5.41, 5.74) is 3.09. The van der Waals surface area contributed by atoms with Gasteiger partial charge in [-0.25, -0.2) is 9.50 Å². The predicted octanol–water partition coefficient (Wildman–Crippen LogP) is 1.97. The van der Waals surface area contributed by atoms with E-state index in [1.807, 2.05) is 43.5 Å². The molecule has 1 amide bonds. The molecule has 0 aliphatic rings. The van der Waals surface area contributed by atoms with Gasteiger partial charge in [-0.2, -0.15) is 5.10 Å². The van der Waals surface area contributed by atoms with Gasteiger partial charge in [0, 0.05) is 25.0 Å². The van der Waals surface area contributed by atoms with Crippen LogP contribution in [0.3, 0.4) is 0 Å². The maximum Gasteiger partial charge on any atom is 0.272 e. The normalized spacial score (nSPS) is 10.7. The van der Waals surface area contributed by atoms with E-state index in [0.29, 0.717) is 17.9 Å². The molecule has 0 saturated carbocycles. The number of fused-ring (bicyclic) bond motifs is 1. The zero-order chi connectivity index (χ0) is 13.9. The fraction of sp³-hybridized carbons (Fsp3) is 0.133. The molecule has 0 aliphatic heterocycles. The zero-order valence-corrected chi connectivity index (χ0v) is 11.1. The summed E-state index contributed by atoms with van der Waals surface area (Å²) in [6.45, 7) is 2.42. The van der Waals surface area contributed by atoms with Crippen LogP contribution < -0.4 is 5.32 Å². The summed E-state index contributed by atoms with van der Waals surface area (Å²) in [5.74, 6) is -0.197. The molecule has 2 heterocycles. The fourth-order valence-electron chi connectivity index (χ4n) is 1.95. The van der Waals surface area contributed by atoms with Gasteiger partial charge in [0.15, 0.2) is 11.3 Å². The molecule has 5 nitrogen and oxygen atoms in total. The fourth-order valence-corrected chi connectivity index (χ4v) is 1.95. The molecular formula is C15H14N4O. The molecule has 1 aromatic carbocycles. The summed E-state index contributed by atoms with van der Waals surface area (Å²) in [5, 5.41) is 7.08. The lowest BCUT2D eigenvalue weighted by atomic mass is 10.2. The molecule has 5 heteroatoms. The van der Waals surface area contributed by atoms with Gasteiger partial charge in [0.1, 0.15) is 0 Å². The Balaban J connectivity index is 1.75. The maximum absolute atomic E-state index is 12.1. The van der Waals surface area contributed by atoms with Crippen molar-refractivity contribution in [2.45, 2.75) is 13.5 Å². The lowest BCUT2D eigenvalue weighted by Gasteiger charge is -2.02. The van der Waals surface area contributed by atoms with E-state index in [-0.39, 0.29) is 5.91 Å². The Morgan fingerprint density at radius 3 is 2.90 bits per heavy atom. The third-order valence-electron chi connectivity index (χ3n) is 2.97. The monoisotopic (exact) mass is 266 g/mol. The molecular weight excluding hydrogens is 252 g/mol. The van der Waals surface area contributed by atoms with Gasteiger partial charge in [-0.15, -0.1) is 0 Å². The number of aryl methyl sites for hydroxylation is 1. The van der Waals surface area contributed by atoms with E-state index < -0.39 is 0 Å². The highest BCUT2D eigenvalue weighted by Crippen LogP contribution is 2.05. The standard InChI is InChI=1S/C15H14N4O/c1-11-8-16-14-7-13(18-19(14)10-11)15(20)17-9-12-5-3-2-4-6-12/h2-8,10H,9H2,1H3,(H,17,20). The highest BCUT2D eigenvalue weighted by atomic mass is 16.1. The Kier molecular flexibility index (Phi) is 3.16. The molecule has 2 aromatic heterocycles. The molecule has 0 spiro atoms. The van der Waals surface area contributed by atoms with Gasteiger partial charge in [0.25, 0.3) is 5.91 Å². The first-order chi connectivity index (χ1) is 9.72. The van der Waals surface area contributed by atoms with Crippen LogP contribution in [0.4, 0.5) is 0 Å². The van der Waals surface area contributed by atoms with Gasteiger partial charge < -0.3 is 5.32 Å². The van der Waals surface area contributed by atoms with Crippen molar-refractivity contribution < 1.29 is 4.79 Å². The van der Waals surface area contributed by atoms with E-state index in [9.17, 15) is 4.79 Å². The number of nitrogens with zero attached hydrogens (tertiary/aromatic N) is 3. The van der Waals surface area contributed by atoms with Crippen molar-refractivity contribution in [2.75, 3.05) is 0 Å². The summed E-state index contributed by atoms with van der Waals surface area (Å²) >= 11 is 0. The van der Waals surface area contributed by atoms with Crippen LogP contribution in [0.1, 0.15) is 21.6 Å². The Hall–Kier alpha value is -2.69. The second-order valence-electron chi connectivity index (χ2n) is 4.63. The highest BCUT2D eigenvalue weighted by molar-refractivity contribution is 5.93. The molecule has 20 heavy (non-hydrogen) atoms. The van der Waals surface area contributed by atoms with Crippen molar-refractivity contribution in [3.63, 3.8) is 0 Å². The van der Waals surface area contributed by atoms with E-state index in [4.69, 9.17) is 0 Å². The summed E-state index contributed by atoms with van der Waals surface area (Å²) in [6.07, 6.45) is 3.60. The SMILES string of the molecule is Cc1cnc2cc(C(=O)NCc3ccccc3)nn2c1. The average molecular weight is 266 g/mol. The van der Waals surface area contributed by atoms with E-state index in [1.54, 1.807) is 16.8 Å². The Labute approximate surface area is 116 Å². The van der Waals surface area contributed by atoms with Crippen molar-refractivity contribution >= 4 is 11.6 Å². The number of hydrogen-bond acceptors (Lipinski definition) is 3. The first-order valence-electron chi connectivity index (χ1n) is 6.36. The number of aromatic nitrogens is 3. The second-order valence-corrected chi connectivity index (χ2v) is 4.63. The second kappa shape index (κ2) is 5.13. The third-order valence-corrected chi connectivity index (χ3v) is 2.97. The molecule has 0 atom stereocenters.